The first-order valence-corrected chi connectivity index (χ1v) is 8.42. The summed E-state index contributed by atoms with van der Waals surface area (Å²) < 4.78 is 13.2. The first-order valence-electron chi connectivity index (χ1n) is 8.42. The summed E-state index contributed by atoms with van der Waals surface area (Å²) in [5, 5.41) is 8.57. The van der Waals surface area contributed by atoms with Gasteiger partial charge in [-0.1, -0.05) is 5.16 Å². The lowest BCUT2D eigenvalue weighted by Gasteiger charge is -2.32. The molecule has 2 aliphatic rings. The van der Waals surface area contributed by atoms with E-state index in [0.29, 0.717) is 5.92 Å². The van der Waals surface area contributed by atoms with Crippen LogP contribution < -0.4 is 0 Å². The maximum absolute atomic E-state index is 5.98. The molecule has 6 nitrogen and oxygen atoms in total. The van der Waals surface area contributed by atoms with Crippen LogP contribution in [0.3, 0.4) is 0 Å². The summed E-state index contributed by atoms with van der Waals surface area (Å²) in [6.45, 7) is 6.31. The summed E-state index contributed by atoms with van der Waals surface area (Å²) >= 11 is 0. The van der Waals surface area contributed by atoms with E-state index in [1.807, 2.05) is 30.9 Å². The van der Waals surface area contributed by atoms with Crippen LogP contribution in [-0.4, -0.2) is 39.6 Å². The zero-order valence-corrected chi connectivity index (χ0v) is 13.9. The number of nitrogens with zero attached hydrogens (tertiary/aromatic N) is 4. The van der Waals surface area contributed by atoms with Crippen LogP contribution in [0.15, 0.2) is 16.8 Å². The molecule has 1 unspecified atom stereocenters. The van der Waals surface area contributed by atoms with Gasteiger partial charge >= 0.3 is 0 Å². The van der Waals surface area contributed by atoms with E-state index in [9.17, 15) is 0 Å². The Hall–Kier alpha value is -1.66. The molecule has 0 amide bonds. The van der Waals surface area contributed by atoms with Crippen LogP contribution in [0.5, 0.6) is 0 Å². The van der Waals surface area contributed by atoms with Crippen LogP contribution in [0.4, 0.5) is 0 Å². The van der Waals surface area contributed by atoms with Crippen molar-refractivity contribution in [2.24, 2.45) is 13.0 Å². The highest BCUT2D eigenvalue weighted by atomic mass is 16.5. The molecule has 0 N–H and O–H groups in total. The van der Waals surface area contributed by atoms with Gasteiger partial charge in [0.15, 0.2) is 0 Å². The molecule has 3 heterocycles. The molecule has 1 fully saturated rings. The summed E-state index contributed by atoms with van der Waals surface area (Å²) in [6, 6.07) is 2.01. The van der Waals surface area contributed by atoms with Crippen LogP contribution >= 0.6 is 0 Å². The van der Waals surface area contributed by atoms with Gasteiger partial charge in [-0.05, 0) is 25.7 Å². The first kappa shape index (κ1) is 14.9. The molecular weight excluding hydrogens is 292 g/mol. The number of aromatic nitrogens is 3. The fourth-order valence-corrected chi connectivity index (χ4v) is 3.48. The van der Waals surface area contributed by atoms with Gasteiger partial charge in [-0.25, -0.2) is 0 Å². The molecule has 2 aromatic rings. The average molecular weight is 316 g/mol. The summed E-state index contributed by atoms with van der Waals surface area (Å²) in [7, 11) is 2.03. The van der Waals surface area contributed by atoms with Crippen molar-refractivity contribution in [3.05, 3.63) is 35.0 Å². The minimum absolute atomic E-state index is 0.373. The Kier molecular flexibility index (Phi) is 3.95. The lowest BCUT2D eigenvalue weighted by atomic mass is 9.97. The second-order valence-corrected chi connectivity index (χ2v) is 6.95. The van der Waals surface area contributed by atoms with Crippen molar-refractivity contribution in [2.45, 2.75) is 38.8 Å². The molecular formula is C17H24N4O2. The van der Waals surface area contributed by atoms with E-state index in [2.05, 4.69) is 15.2 Å². The summed E-state index contributed by atoms with van der Waals surface area (Å²) in [5.41, 5.74) is 3.62. The average Bonchev–Trinajstić information content (AvgIpc) is 3.15. The van der Waals surface area contributed by atoms with Gasteiger partial charge in [-0.3, -0.25) is 9.58 Å². The van der Waals surface area contributed by atoms with Crippen molar-refractivity contribution >= 4 is 0 Å². The predicted octanol–water partition coefficient (Wildman–Crippen LogP) is 2.24. The van der Waals surface area contributed by atoms with Crippen molar-refractivity contribution in [2.75, 3.05) is 19.8 Å². The lowest BCUT2D eigenvalue weighted by Crippen LogP contribution is -2.35. The molecule has 1 saturated carbocycles. The predicted molar refractivity (Wildman–Crippen MR) is 84.8 cm³/mol. The number of aryl methyl sites for hydroxylation is 2. The minimum atomic E-state index is 0.373. The number of ether oxygens (including phenoxy) is 1. The third-order valence-electron chi connectivity index (χ3n) is 4.76. The summed E-state index contributed by atoms with van der Waals surface area (Å²) in [4.78, 5) is 2.41. The number of hydrogen-bond acceptors (Lipinski definition) is 5. The van der Waals surface area contributed by atoms with Crippen molar-refractivity contribution in [1.29, 1.82) is 0 Å². The quantitative estimate of drug-likeness (QED) is 0.818. The Labute approximate surface area is 136 Å². The third kappa shape index (κ3) is 3.33. The van der Waals surface area contributed by atoms with Gasteiger partial charge in [0.1, 0.15) is 5.76 Å². The van der Waals surface area contributed by atoms with Gasteiger partial charge in [-0.15, -0.1) is 0 Å². The molecule has 0 aromatic carbocycles. The molecule has 23 heavy (non-hydrogen) atoms. The third-order valence-corrected chi connectivity index (χ3v) is 4.76. The molecule has 2 aromatic heterocycles. The van der Waals surface area contributed by atoms with E-state index in [0.717, 1.165) is 50.2 Å². The van der Waals surface area contributed by atoms with Gasteiger partial charge in [0.05, 0.1) is 18.5 Å². The Bertz CT molecular complexity index is 674. The fourth-order valence-electron chi connectivity index (χ4n) is 3.48. The van der Waals surface area contributed by atoms with Gasteiger partial charge in [-0.2, -0.15) is 5.10 Å². The maximum Gasteiger partial charge on any atom is 0.133 e. The van der Waals surface area contributed by atoms with E-state index >= 15 is 0 Å². The molecule has 4 rings (SSSR count). The molecule has 124 valence electrons. The molecule has 1 aliphatic heterocycles. The second-order valence-electron chi connectivity index (χ2n) is 6.95. The summed E-state index contributed by atoms with van der Waals surface area (Å²) in [5.74, 6) is 2.04. The van der Waals surface area contributed by atoms with Crippen LogP contribution in [-0.2, 0) is 24.9 Å². The SMILES string of the molecule is Cc1cc(CN2Cc3cnn(C)c3C(COCC3CC3)C2)no1. The molecule has 0 radical (unpaired) electrons. The largest absolute Gasteiger partial charge is 0.380 e. The van der Waals surface area contributed by atoms with E-state index in [1.165, 1.54) is 24.1 Å². The van der Waals surface area contributed by atoms with Gasteiger partial charge < -0.3 is 9.26 Å². The maximum atomic E-state index is 5.98. The lowest BCUT2D eigenvalue weighted by molar-refractivity contribution is 0.0864. The van der Waals surface area contributed by atoms with Crippen LogP contribution in [0.25, 0.3) is 0 Å². The van der Waals surface area contributed by atoms with Gasteiger partial charge in [0, 0.05) is 56.5 Å². The Morgan fingerprint density at radius 3 is 2.96 bits per heavy atom. The molecule has 0 saturated heterocycles. The zero-order chi connectivity index (χ0) is 15.8. The Morgan fingerprint density at radius 1 is 1.35 bits per heavy atom. The van der Waals surface area contributed by atoms with Crippen molar-refractivity contribution < 1.29 is 9.26 Å². The second kappa shape index (κ2) is 6.09. The minimum Gasteiger partial charge on any atom is -0.380 e. The van der Waals surface area contributed by atoms with E-state index < -0.39 is 0 Å². The normalized spacial score (nSPS) is 21.6. The topological polar surface area (TPSA) is 56.3 Å². The van der Waals surface area contributed by atoms with Crippen molar-refractivity contribution in [3.8, 4) is 0 Å². The number of hydrogen-bond donors (Lipinski definition) is 0. The van der Waals surface area contributed by atoms with Crippen LogP contribution in [0.1, 0.15) is 41.5 Å². The molecule has 1 atom stereocenters. The highest BCUT2D eigenvalue weighted by Crippen LogP contribution is 2.31. The Morgan fingerprint density at radius 2 is 2.22 bits per heavy atom. The molecule has 0 spiro atoms. The highest BCUT2D eigenvalue weighted by Gasteiger charge is 2.30. The smallest absolute Gasteiger partial charge is 0.133 e. The molecule has 0 bridgehead atoms. The highest BCUT2D eigenvalue weighted by molar-refractivity contribution is 5.25. The summed E-state index contributed by atoms with van der Waals surface area (Å²) in [6.07, 6.45) is 4.65. The zero-order valence-electron chi connectivity index (χ0n) is 13.9. The monoisotopic (exact) mass is 316 g/mol. The molecule has 1 aliphatic carbocycles. The van der Waals surface area contributed by atoms with Gasteiger partial charge in [0.2, 0.25) is 0 Å². The Balaban J connectivity index is 1.45. The first-order chi connectivity index (χ1) is 11.2. The van der Waals surface area contributed by atoms with Gasteiger partial charge in [0.25, 0.3) is 0 Å². The standard InChI is InChI=1S/C17H24N4O2/c1-12-5-16(19-23-12)9-21-7-14-6-18-20(2)17(14)15(8-21)11-22-10-13-3-4-13/h5-6,13,15H,3-4,7-11H2,1-2H3. The fraction of sp³-hybridized carbons (Fsp3) is 0.647. The van der Waals surface area contributed by atoms with Crippen molar-refractivity contribution in [1.82, 2.24) is 19.8 Å². The number of fused-ring (bicyclic) bond motifs is 1. The number of rotatable bonds is 6. The van der Waals surface area contributed by atoms with Crippen molar-refractivity contribution in [3.63, 3.8) is 0 Å². The van der Waals surface area contributed by atoms with E-state index in [-0.39, 0.29) is 0 Å². The van der Waals surface area contributed by atoms with Crippen LogP contribution in [0, 0.1) is 12.8 Å². The van der Waals surface area contributed by atoms with E-state index in [4.69, 9.17) is 9.26 Å². The molecule has 6 heteroatoms. The van der Waals surface area contributed by atoms with E-state index in [1.54, 1.807) is 0 Å². The van der Waals surface area contributed by atoms with Crippen LogP contribution in [0.2, 0.25) is 0 Å².